The highest BCUT2D eigenvalue weighted by molar-refractivity contribution is 6.05. The van der Waals surface area contributed by atoms with Gasteiger partial charge in [0, 0.05) is 11.8 Å². The first kappa shape index (κ1) is 17.7. The van der Waals surface area contributed by atoms with Gasteiger partial charge >= 0.3 is 0 Å². The topological polar surface area (TPSA) is 46.9 Å². The van der Waals surface area contributed by atoms with Crippen molar-refractivity contribution >= 4 is 11.6 Å². The number of carbonyl (C=O) groups is 1. The number of nitrogens with zero attached hydrogens (tertiary/aromatic N) is 2. The van der Waals surface area contributed by atoms with Crippen LogP contribution in [0.15, 0.2) is 48.7 Å². The molecule has 0 aliphatic carbocycles. The molecule has 134 valence electrons. The predicted molar refractivity (Wildman–Crippen MR) is 91.9 cm³/mol. The monoisotopic (exact) mass is 359 g/mol. The lowest BCUT2D eigenvalue weighted by atomic mass is 10.0. The van der Waals surface area contributed by atoms with Gasteiger partial charge in [0.2, 0.25) is 0 Å². The third-order valence-corrected chi connectivity index (χ3v) is 3.85. The van der Waals surface area contributed by atoms with E-state index in [9.17, 15) is 18.0 Å². The van der Waals surface area contributed by atoms with Crippen LogP contribution in [0.3, 0.4) is 0 Å². The highest BCUT2D eigenvalue weighted by Gasteiger charge is 2.21. The molecule has 3 rings (SSSR count). The van der Waals surface area contributed by atoms with E-state index in [-0.39, 0.29) is 17.4 Å². The van der Waals surface area contributed by atoms with Crippen LogP contribution in [0, 0.1) is 17.5 Å². The average molecular weight is 359 g/mol. The van der Waals surface area contributed by atoms with Gasteiger partial charge in [0.25, 0.3) is 5.91 Å². The molecule has 0 spiro atoms. The Kier molecular flexibility index (Phi) is 4.79. The van der Waals surface area contributed by atoms with E-state index < -0.39 is 17.5 Å². The van der Waals surface area contributed by atoms with Crippen molar-refractivity contribution in [2.45, 2.75) is 19.8 Å². The van der Waals surface area contributed by atoms with Crippen molar-refractivity contribution in [1.82, 2.24) is 9.78 Å². The molecule has 0 unspecified atom stereocenters. The fourth-order valence-corrected chi connectivity index (χ4v) is 2.65. The Hall–Kier alpha value is -3.09. The average Bonchev–Trinajstić information content (AvgIpc) is 3.04. The number of carbonyl (C=O) groups excluding carboxylic acids is 1. The molecule has 0 aliphatic rings. The number of hydrogen-bond donors (Lipinski definition) is 1. The van der Waals surface area contributed by atoms with Crippen LogP contribution < -0.4 is 5.32 Å². The van der Waals surface area contributed by atoms with Crippen LogP contribution in [0.1, 0.15) is 35.8 Å². The van der Waals surface area contributed by atoms with Crippen LogP contribution in [0.4, 0.5) is 18.9 Å². The summed E-state index contributed by atoms with van der Waals surface area (Å²) in [6.45, 7) is 3.79. The van der Waals surface area contributed by atoms with Gasteiger partial charge in [-0.1, -0.05) is 13.8 Å². The second kappa shape index (κ2) is 7.03. The summed E-state index contributed by atoms with van der Waals surface area (Å²) in [5, 5.41) is 6.77. The van der Waals surface area contributed by atoms with Crippen LogP contribution >= 0.6 is 0 Å². The maximum absolute atomic E-state index is 13.3. The predicted octanol–water partition coefficient (Wildman–Crippen LogP) is 4.67. The molecule has 4 nitrogen and oxygen atoms in total. The number of benzene rings is 2. The molecule has 1 heterocycles. The van der Waals surface area contributed by atoms with Gasteiger partial charge in [-0.3, -0.25) is 4.79 Å². The summed E-state index contributed by atoms with van der Waals surface area (Å²) in [5.41, 5.74) is 1.67. The molecule has 0 bridgehead atoms. The van der Waals surface area contributed by atoms with E-state index in [0.717, 1.165) is 12.1 Å². The molecule has 2 aromatic carbocycles. The van der Waals surface area contributed by atoms with Crippen molar-refractivity contribution < 1.29 is 18.0 Å². The standard InChI is InChI=1S/C19H16F3N3O/c1-11(2)18-15(10-23-25(18)14-6-3-12(20)4-7-14)19(26)24-13-5-8-16(21)17(22)9-13/h3-11H,1-2H3,(H,24,26). The fraction of sp³-hybridized carbons (Fsp3) is 0.158. The first-order valence-corrected chi connectivity index (χ1v) is 7.97. The SMILES string of the molecule is CC(C)c1c(C(=O)Nc2ccc(F)c(F)c2)cnn1-c1ccc(F)cc1. The van der Waals surface area contributed by atoms with Gasteiger partial charge in [-0.2, -0.15) is 5.10 Å². The summed E-state index contributed by atoms with van der Waals surface area (Å²) in [5.74, 6) is -2.96. The van der Waals surface area contributed by atoms with E-state index in [2.05, 4.69) is 10.4 Å². The maximum atomic E-state index is 13.3. The Morgan fingerprint density at radius 1 is 1.04 bits per heavy atom. The summed E-state index contributed by atoms with van der Waals surface area (Å²) < 4.78 is 41.1. The zero-order valence-electron chi connectivity index (χ0n) is 14.1. The summed E-state index contributed by atoms with van der Waals surface area (Å²) in [6.07, 6.45) is 1.40. The molecule has 0 saturated carbocycles. The second-order valence-corrected chi connectivity index (χ2v) is 6.07. The molecular weight excluding hydrogens is 343 g/mol. The quantitative estimate of drug-likeness (QED) is 0.736. The number of anilines is 1. The molecular formula is C19H16F3N3O. The van der Waals surface area contributed by atoms with Gasteiger partial charge in [-0.15, -0.1) is 0 Å². The molecule has 26 heavy (non-hydrogen) atoms. The first-order chi connectivity index (χ1) is 12.4. The van der Waals surface area contributed by atoms with Crippen molar-refractivity contribution in [2.24, 2.45) is 0 Å². The first-order valence-electron chi connectivity index (χ1n) is 7.97. The Morgan fingerprint density at radius 3 is 2.35 bits per heavy atom. The third kappa shape index (κ3) is 3.46. The summed E-state index contributed by atoms with van der Waals surface area (Å²) in [7, 11) is 0. The highest BCUT2D eigenvalue weighted by atomic mass is 19.2. The van der Waals surface area contributed by atoms with Crippen LogP contribution in [0.2, 0.25) is 0 Å². The van der Waals surface area contributed by atoms with Crippen molar-refractivity contribution in [1.29, 1.82) is 0 Å². The fourth-order valence-electron chi connectivity index (χ4n) is 2.65. The Morgan fingerprint density at radius 2 is 1.73 bits per heavy atom. The van der Waals surface area contributed by atoms with Crippen molar-refractivity contribution in [3.8, 4) is 5.69 Å². The molecule has 1 amide bonds. The number of halogens is 3. The molecule has 0 radical (unpaired) electrons. The molecule has 1 N–H and O–H groups in total. The Labute approximate surface area is 148 Å². The largest absolute Gasteiger partial charge is 0.322 e. The number of amides is 1. The van der Waals surface area contributed by atoms with Gasteiger partial charge in [-0.05, 0) is 42.3 Å². The van der Waals surface area contributed by atoms with E-state index in [1.165, 1.54) is 24.4 Å². The molecule has 0 fully saturated rings. The molecule has 7 heteroatoms. The molecule has 0 atom stereocenters. The lowest BCUT2D eigenvalue weighted by Gasteiger charge is -2.13. The van der Waals surface area contributed by atoms with Gasteiger partial charge in [0.05, 0.1) is 23.1 Å². The molecule has 0 saturated heterocycles. The van der Waals surface area contributed by atoms with Crippen molar-refractivity contribution in [3.05, 3.63) is 77.4 Å². The minimum absolute atomic E-state index is 0.0618. The third-order valence-electron chi connectivity index (χ3n) is 3.85. The zero-order chi connectivity index (χ0) is 18.8. The molecule has 1 aromatic heterocycles. The van der Waals surface area contributed by atoms with Crippen LogP contribution in [0.5, 0.6) is 0 Å². The minimum atomic E-state index is -1.05. The summed E-state index contributed by atoms with van der Waals surface area (Å²) in [4.78, 5) is 12.6. The lowest BCUT2D eigenvalue weighted by Crippen LogP contribution is -2.15. The number of hydrogen-bond acceptors (Lipinski definition) is 2. The Balaban J connectivity index is 1.95. The summed E-state index contributed by atoms with van der Waals surface area (Å²) in [6, 6.07) is 8.86. The normalized spacial score (nSPS) is 11.0. The lowest BCUT2D eigenvalue weighted by molar-refractivity contribution is 0.102. The molecule has 0 aliphatic heterocycles. The van der Waals surface area contributed by atoms with Gasteiger partial charge in [0.15, 0.2) is 11.6 Å². The van der Waals surface area contributed by atoms with Gasteiger partial charge in [0.1, 0.15) is 5.82 Å². The van der Waals surface area contributed by atoms with E-state index in [4.69, 9.17) is 0 Å². The minimum Gasteiger partial charge on any atom is -0.322 e. The molecule has 3 aromatic rings. The summed E-state index contributed by atoms with van der Waals surface area (Å²) >= 11 is 0. The van der Waals surface area contributed by atoms with E-state index in [1.54, 1.807) is 16.8 Å². The Bertz CT molecular complexity index is 949. The zero-order valence-corrected chi connectivity index (χ0v) is 14.1. The van der Waals surface area contributed by atoms with E-state index in [0.29, 0.717) is 16.9 Å². The smallest absolute Gasteiger partial charge is 0.259 e. The maximum Gasteiger partial charge on any atom is 0.259 e. The van der Waals surface area contributed by atoms with Crippen molar-refractivity contribution in [3.63, 3.8) is 0 Å². The van der Waals surface area contributed by atoms with Crippen molar-refractivity contribution in [2.75, 3.05) is 5.32 Å². The van der Waals surface area contributed by atoms with Gasteiger partial charge in [-0.25, -0.2) is 17.9 Å². The second-order valence-electron chi connectivity index (χ2n) is 6.07. The number of nitrogens with one attached hydrogen (secondary N) is 1. The number of rotatable bonds is 4. The highest BCUT2D eigenvalue weighted by Crippen LogP contribution is 2.24. The van der Waals surface area contributed by atoms with E-state index in [1.807, 2.05) is 13.8 Å². The van der Waals surface area contributed by atoms with Crippen LogP contribution in [-0.4, -0.2) is 15.7 Å². The van der Waals surface area contributed by atoms with Crippen LogP contribution in [0.25, 0.3) is 5.69 Å². The van der Waals surface area contributed by atoms with E-state index >= 15 is 0 Å². The van der Waals surface area contributed by atoms with Gasteiger partial charge < -0.3 is 5.32 Å². The number of aromatic nitrogens is 2. The van der Waals surface area contributed by atoms with Crippen LogP contribution in [-0.2, 0) is 0 Å².